The van der Waals surface area contributed by atoms with E-state index in [1.54, 1.807) is 12.5 Å². The van der Waals surface area contributed by atoms with Gasteiger partial charge in [-0.1, -0.05) is 29.8 Å². The van der Waals surface area contributed by atoms with Gasteiger partial charge in [-0.25, -0.2) is 4.98 Å². The lowest BCUT2D eigenvalue weighted by Crippen LogP contribution is -2.47. The summed E-state index contributed by atoms with van der Waals surface area (Å²) in [4.78, 5) is 3.48. The van der Waals surface area contributed by atoms with Crippen molar-refractivity contribution in [1.29, 1.82) is 0 Å². The van der Waals surface area contributed by atoms with E-state index in [1.165, 1.54) is 0 Å². The number of aromatic nitrogens is 2. The van der Waals surface area contributed by atoms with Gasteiger partial charge >= 0.3 is 0 Å². The number of halogens is 3. The summed E-state index contributed by atoms with van der Waals surface area (Å²) in [5.74, 6) is 0. The highest BCUT2D eigenvalue weighted by Gasteiger charge is 2.58. The first-order valence-electron chi connectivity index (χ1n) is 6.74. The van der Waals surface area contributed by atoms with Crippen LogP contribution in [0.1, 0.15) is 18.4 Å². The molecule has 0 aliphatic heterocycles. The Labute approximate surface area is 142 Å². The van der Waals surface area contributed by atoms with Gasteiger partial charge in [0.2, 0.25) is 0 Å². The molecule has 1 heterocycles. The summed E-state index contributed by atoms with van der Waals surface area (Å²) in [6.07, 6.45) is 5.42. The third-order valence-corrected chi connectivity index (χ3v) is 5.82. The minimum absolute atomic E-state index is 0.377. The first kappa shape index (κ1) is 15.3. The molecule has 0 radical (unpaired) electrons. The quantitative estimate of drug-likeness (QED) is 0.783. The first-order chi connectivity index (χ1) is 9.94. The van der Waals surface area contributed by atoms with Crippen molar-refractivity contribution in [1.82, 2.24) is 9.55 Å². The molecule has 0 bridgehead atoms. The van der Waals surface area contributed by atoms with Gasteiger partial charge in [0.05, 0.1) is 23.9 Å². The highest BCUT2D eigenvalue weighted by molar-refractivity contribution is 9.10. The predicted molar refractivity (Wildman–Crippen MR) is 87.9 cm³/mol. The Bertz CT molecular complexity index is 657. The van der Waals surface area contributed by atoms with E-state index in [-0.39, 0.29) is 0 Å². The summed E-state index contributed by atoms with van der Waals surface area (Å²) < 4.78 is 2.68. The minimum atomic E-state index is -1.07. The van der Waals surface area contributed by atoms with Crippen LogP contribution in [0.5, 0.6) is 0 Å². The Hall–Kier alpha value is -0.550. The largest absolute Gasteiger partial charge is 0.386 e. The number of rotatable bonds is 5. The summed E-state index contributed by atoms with van der Waals surface area (Å²) >= 11 is 16.2. The SMILES string of the molecule is OC(Cc1ccccc1Cl)(Cn1cncc1Br)C1(Cl)CC1. The van der Waals surface area contributed by atoms with Crippen molar-refractivity contribution in [2.45, 2.75) is 36.3 Å². The lowest BCUT2D eigenvalue weighted by Gasteiger charge is -2.34. The Morgan fingerprint density at radius 3 is 2.67 bits per heavy atom. The number of benzene rings is 1. The molecule has 1 saturated carbocycles. The molecular formula is C15H15BrCl2N2O. The Morgan fingerprint density at radius 1 is 1.38 bits per heavy atom. The van der Waals surface area contributed by atoms with Gasteiger partial charge in [0, 0.05) is 11.4 Å². The van der Waals surface area contributed by atoms with Gasteiger partial charge in [0.15, 0.2) is 0 Å². The van der Waals surface area contributed by atoms with Crippen molar-refractivity contribution >= 4 is 39.1 Å². The first-order valence-corrected chi connectivity index (χ1v) is 8.29. The van der Waals surface area contributed by atoms with Gasteiger partial charge in [0.25, 0.3) is 0 Å². The molecule has 2 aromatic rings. The van der Waals surface area contributed by atoms with Crippen LogP contribution in [0.15, 0.2) is 41.4 Å². The van der Waals surface area contributed by atoms with Crippen LogP contribution in [0.25, 0.3) is 0 Å². The third kappa shape index (κ3) is 3.00. The number of nitrogens with zero attached hydrogens (tertiary/aromatic N) is 2. The molecule has 112 valence electrons. The Kier molecular flexibility index (Phi) is 4.08. The monoisotopic (exact) mass is 388 g/mol. The molecule has 1 unspecified atom stereocenters. The van der Waals surface area contributed by atoms with Crippen LogP contribution in [-0.4, -0.2) is 25.1 Å². The summed E-state index contributed by atoms with van der Waals surface area (Å²) in [5.41, 5.74) is -0.159. The summed E-state index contributed by atoms with van der Waals surface area (Å²) in [6.45, 7) is 0.377. The Morgan fingerprint density at radius 2 is 2.10 bits per heavy atom. The Balaban J connectivity index is 1.91. The van der Waals surface area contributed by atoms with Crippen LogP contribution < -0.4 is 0 Å². The van der Waals surface area contributed by atoms with Crippen molar-refractivity contribution in [3.8, 4) is 0 Å². The molecule has 1 N–H and O–H groups in total. The maximum atomic E-state index is 11.2. The van der Waals surface area contributed by atoms with Gasteiger partial charge < -0.3 is 9.67 Å². The van der Waals surface area contributed by atoms with Crippen molar-refractivity contribution in [3.63, 3.8) is 0 Å². The van der Waals surface area contributed by atoms with E-state index >= 15 is 0 Å². The van der Waals surface area contributed by atoms with Gasteiger partial charge in [-0.2, -0.15) is 0 Å². The molecule has 1 fully saturated rings. The molecule has 6 heteroatoms. The van der Waals surface area contributed by atoms with Gasteiger partial charge in [0.1, 0.15) is 10.2 Å². The summed E-state index contributed by atoms with van der Waals surface area (Å²) in [6, 6.07) is 7.56. The second-order valence-electron chi connectivity index (χ2n) is 5.61. The minimum Gasteiger partial charge on any atom is -0.386 e. The van der Waals surface area contributed by atoms with Gasteiger partial charge in [-0.15, -0.1) is 11.6 Å². The molecule has 0 amide bonds. The van der Waals surface area contributed by atoms with Crippen LogP contribution in [0, 0.1) is 0 Å². The zero-order valence-electron chi connectivity index (χ0n) is 11.3. The highest BCUT2D eigenvalue weighted by atomic mass is 79.9. The fraction of sp³-hybridized carbons (Fsp3) is 0.400. The fourth-order valence-corrected chi connectivity index (χ4v) is 3.35. The molecule has 0 spiro atoms. The maximum Gasteiger partial charge on any atom is 0.106 e. The normalized spacial score (nSPS) is 19.2. The van der Waals surface area contributed by atoms with Gasteiger partial charge in [-0.05, 0) is 40.4 Å². The van der Waals surface area contributed by atoms with E-state index in [0.29, 0.717) is 18.0 Å². The van der Waals surface area contributed by atoms with E-state index in [4.69, 9.17) is 23.2 Å². The molecule has 1 aromatic heterocycles. The predicted octanol–water partition coefficient (Wildman–Crippen LogP) is 4.04. The topological polar surface area (TPSA) is 38.0 Å². The zero-order chi connectivity index (χ0) is 15.1. The number of aliphatic hydroxyl groups is 1. The third-order valence-electron chi connectivity index (χ3n) is 4.06. The molecule has 21 heavy (non-hydrogen) atoms. The van der Waals surface area contributed by atoms with Crippen LogP contribution in [0.4, 0.5) is 0 Å². The van der Waals surface area contributed by atoms with E-state index < -0.39 is 10.5 Å². The number of imidazole rings is 1. The maximum absolute atomic E-state index is 11.2. The highest BCUT2D eigenvalue weighted by Crippen LogP contribution is 2.53. The van der Waals surface area contributed by atoms with Gasteiger partial charge in [-0.3, -0.25) is 0 Å². The van der Waals surface area contributed by atoms with E-state index in [0.717, 1.165) is 23.0 Å². The molecular weight excluding hydrogens is 375 g/mol. The van der Waals surface area contributed by atoms with E-state index in [2.05, 4.69) is 20.9 Å². The second kappa shape index (κ2) is 5.58. The average molecular weight is 390 g/mol. The molecule has 1 aliphatic rings. The number of hydrogen-bond donors (Lipinski definition) is 1. The van der Waals surface area contributed by atoms with Crippen molar-refractivity contribution < 1.29 is 5.11 Å². The summed E-state index contributed by atoms with van der Waals surface area (Å²) in [5, 5.41) is 11.9. The van der Waals surface area contributed by atoms with E-state index in [9.17, 15) is 5.11 Å². The lowest BCUT2D eigenvalue weighted by molar-refractivity contribution is 0.0104. The zero-order valence-corrected chi connectivity index (χ0v) is 14.4. The van der Waals surface area contributed by atoms with Crippen molar-refractivity contribution in [2.75, 3.05) is 0 Å². The second-order valence-corrected chi connectivity index (χ2v) is 7.55. The number of hydrogen-bond acceptors (Lipinski definition) is 2. The summed E-state index contributed by atoms with van der Waals surface area (Å²) in [7, 11) is 0. The standard InChI is InChI=1S/C15H15BrCl2N2O/c16-13-8-19-10-20(13)9-15(21,14(18)5-6-14)7-11-3-1-2-4-12(11)17/h1-4,8,10,21H,5-7,9H2. The molecule has 1 aliphatic carbocycles. The van der Waals surface area contributed by atoms with Crippen LogP contribution >= 0.6 is 39.1 Å². The molecule has 1 aromatic carbocycles. The van der Waals surface area contributed by atoms with Crippen molar-refractivity contribution in [2.24, 2.45) is 0 Å². The van der Waals surface area contributed by atoms with Crippen molar-refractivity contribution in [3.05, 3.63) is 52.0 Å². The van der Waals surface area contributed by atoms with Crippen LogP contribution in [0.2, 0.25) is 5.02 Å². The van der Waals surface area contributed by atoms with Crippen LogP contribution in [0.3, 0.4) is 0 Å². The fourth-order valence-electron chi connectivity index (χ4n) is 2.59. The molecule has 0 saturated heterocycles. The van der Waals surface area contributed by atoms with Crippen LogP contribution in [-0.2, 0) is 13.0 Å². The molecule has 3 nitrogen and oxygen atoms in total. The number of alkyl halides is 1. The molecule has 3 rings (SSSR count). The smallest absolute Gasteiger partial charge is 0.106 e. The van der Waals surface area contributed by atoms with E-state index in [1.807, 2.05) is 28.8 Å². The molecule has 1 atom stereocenters. The average Bonchev–Trinajstić information content (AvgIpc) is 3.09. The lowest BCUT2D eigenvalue weighted by atomic mass is 9.89.